The summed E-state index contributed by atoms with van der Waals surface area (Å²) in [5.74, 6) is 0.986. The van der Waals surface area contributed by atoms with Gasteiger partial charge in [0.15, 0.2) is 11.5 Å². The molecule has 1 aliphatic heterocycles. The maximum atomic E-state index is 13.5. The largest absolute Gasteiger partial charge is 0.490 e. The number of ether oxygens (including phenoxy) is 2. The predicted octanol–water partition coefficient (Wildman–Crippen LogP) is 6.69. The molecule has 1 heterocycles. The SMILES string of the molecule is CC(C)[C@H](NC(=O)c1cc([N+](=O)[O-])ccc1Sc1ccc(Cl)cc1)c1ccc2c(c1)OCCCO2. The number of fused-ring (bicyclic) bond motifs is 1. The van der Waals surface area contributed by atoms with E-state index in [0.717, 1.165) is 16.9 Å². The molecule has 1 aliphatic rings. The molecule has 9 heteroatoms. The molecule has 35 heavy (non-hydrogen) atoms. The van der Waals surface area contributed by atoms with E-state index in [-0.39, 0.29) is 23.2 Å². The van der Waals surface area contributed by atoms with Crippen LogP contribution in [-0.4, -0.2) is 24.0 Å². The fraction of sp³-hybridized carbons (Fsp3) is 0.269. The van der Waals surface area contributed by atoms with E-state index >= 15 is 0 Å². The second-order valence-electron chi connectivity index (χ2n) is 8.45. The highest BCUT2D eigenvalue weighted by atomic mass is 35.5. The van der Waals surface area contributed by atoms with Gasteiger partial charge in [-0.05, 0) is 53.9 Å². The number of carbonyl (C=O) groups is 1. The number of non-ortho nitro benzene ring substituents is 1. The van der Waals surface area contributed by atoms with Crippen LogP contribution >= 0.6 is 23.4 Å². The molecule has 3 aromatic carbocycles. The molecule has 4 rings (SSSR count). The monoisotopic (exact) mass is 512 g/mol. The summed E-state index contributed by atoms with van der Waals surface area (Å²) in [4.78, 5) is 25.9. The zero-order valence-electron chi connectivity index (χ0n) is 19.3. The van der Waals surface area contributed by atoms with E-state index in [9.17, 15) is 14.9 Å². The van der Waals surface area contributed by atoms with Crippen LogP contribution in [0.25, 0.3) is 0 Å². The van der Waals surface area contributed by atoms with E-state index in [1.807, 2.05) is 44.2 Å². The van der Waals surface area contributed by atoms with Crippen molar-refractivity contribution in [2.24, 2.45) is 5.92 Å². The van der Waals surface area contributed by atoms with Crippen molar-refractivity contribution in [3.63, 3.8) is 0 Å². The van der Waals surface area contributed by atoms with Gasteiger partial charge in [-0.1, -0.05) is 43.3 Å². The Bertz CT molecular complexity index is 1230. The molecule has 7 nitrogen and oxygen atoms in total. The van der Waals surface area contributed by atoms with Crippen LogP contribution < -0.4 is 14.8 Å². The standard InChI is InChI=1S/C26H25ClN2O5S/c1-16(2)25(17-4-10-22-23(14-17)34-13-3-12-33-22)28-26(30)21-15-19(29(31)32)7-11-24(21)35-20-8-5-18(27)6-9-20/h4-11,14-16,25H,3,12-13H2,1-2H3,(H,28,30)/t25-/m0/s1. The Morgan fingerprint density at radius 2 is 1.74 bits per heavy atom. The lowest BCUT2D eigenvalue weighted by Crippen LogP contribution is -2.32. The Hall–Kier alpha value is -3.23. The van der Waals surface area contributed by atoms with Crippen LogP contribution in [0.15, 0.2) is 70.5 Å². The molecule has 0 saturated carbocycles. The number of nitrogens with one attached hydrogen (secondary N) is 1. The van der Waals surface area contributed by atoms with Gasteiger partial charge in [-0.2, -0.15) is 0 Å². The van der Waals surface area contributed by atoms with Gasteiger partial charge in [0.2, 0.25) is 0 Å². The third-order valence-corrected chi connectivity index (χ3v) is 6.88. The average molecular weight is 513 g/mol. The van der Waals surface area contributed by atoms with E-state index in [4.69, 9.17) is 21.1 Å². The minimum Gasteiger partial charge on any atom is -0.490 e. The lowest BCUT2D eigenvalue weighted by atomic mass is 9.95. The Kier molecular flexibility index (Phi) is 7.83. The van der Waals surface area contributed by atoms with Crippen LogP contribution in [-0.2, 0) is 0 Å². The van der Waals surface area contributed by atoms with Gasteiger partial charge in [-0.25, -0.2) is 0 Å². The first-order valence-corrected chi connectivity index (χ1v) is 12.4. The van der Waals surface area contributed by atoms with E-state index in [1.165, 1.54) is 23.9 Å². The first kappa shape index (κ1) is 24.9. The highest BCUT2D eigenvalue weighted by Crippen LogP contribution is 2.36. The molecule has 0 fully saturated rings. The fourth-order valence-corrected chi connectivity index (χ4v) is 4.80. The van der Waals surface area contributed by atoms with Gasteiger partial charge < -0.3 is 14.8 Å². The second-order valence-corrected chi connectivity index (χ2v) is 10.00. The lowest BCUT2D eigenvalue weighted by molar-refractivity contribution is -0.384. The molecule has 0 aromatic heterocycles. The van der Waals surface area contributed by atoms with Crippen LogP contribution in [0.1, 0.15) is 42.2 Å². The summed E-state index contributed by atoms with van der Waals surface area (Å²) in [5, 5.41) is 15.1. The van der Waals surface area contributed by atoms with Gasteiger partial charge >= 0.3 is 0 Å². The molecule has 3 aromatic rings. The van der Waals surface area contributed by atoms with Gasteiger partial charge in [0.05, 0.1) is 29.7 Å². The van der Waals surface area contributed by atoms with E-state index < -0.39 is 10.8 Å². The van der Waals surface area contributed by atoms with E-state index in [1.54, 1.807) is 18.2 Å². The van der Waals surface area contributed by atoms with Gasteiger partial charge in [-0.15, -0.1) is 0 Å². The molecular formula is C26H25ClN2O5S. The maximum absolute atomic E-state index is 13.5. The molecule has 0 radical (unpaired) electrons. The maximum Gasteiger partial charge on any atom is 0.270 e. The summed E-state index contributed by atoms with van der Waals surface area (Å²) >= 11 is 7.33. The predicted molar refractivity (Wildman–Crippen MR) is 136 cm³/mol. The Morgan fingerprint density at radius 1 is 1.03 bits per heavy atom. The number of hydrogen-bond acceptors (Lipinski definition) is 6. The molecule has 0 spiro atoms. The van der Waals surface area contributed by atoms with Crippen LogP contribution in [0.2, 0.25) is 5.02 Å². The summed E-state index contributed by atoms with van der Waals surface area (Å²) in [6.45, 7) is 5.17. The zero-order valence-corrected chi connectivity index (χ0v) is 20.9. The first-order chi connectivity index (χ1) is 16.8. The van der Waals surface area contributed by atoms with Crippen LogP contribution in [0.5, 0.6) is 11.5 Å². The van der Waals surface area contributed by atoms with Crippen LogP contribution in [0.4, 0.5) is 5.69 Å². The van der Waals surface area contributed by atoms with Gasteiger partial charge in [-0.3, -0.25) is 14.9 Å². The molecule has 1 N–H and O–H groups in total. The third-order valence-electron chi connectivity index (χ3n) is 5.54. The van der Waals surface area contributed by atoms with Crippen molar-refractivity contribution in [2.45, 2.75) is 36.1 Å². The fourth-order valence-electron chi connectivity index (χ4n) is 3.75. The molecule has 1 amide bonds. The highest BCUT2D eigenvalue weighted by molar-refractivity contribution is 7.99. The molecule has 0 unspecified atom stereocenters. The Labute approximate surface area is 212 Å². The second kappa shape index (κ2) is 11.0. The minimum atomic E-state index is -0.503. The van der Waals surface area contributed by atoms with E-state index in [2.05, 4.69) is 5.32 Å². The molecule has 1 atom stereocenters. The quantitative estimate of drug-likeness (QED) is 0.280. The number of benzene rings is 3. The molecule has 0 aliphatic carbocycles. The third kappa shape index (κ3) is 6.07. The van der Waals surface area contributed by atoms with Crippen molar-refractivity contribution in [1.82, 2.24) is 5.32 Å². The minimum absolute atomic E-state index is 0.0507. The number of carbonyl (C=O) groups excluding carboxylic acids is 1. The van der Waals surface area contributed by atoms with Gasteiger partial charge in [0, 0.05) is 33.4 Å². The molecule has 182 valence electrons. The lowest BCUT2D eigenvalue weighted by Gasteiger charge is -2.24. The van der Waals surface area contributed by atoms with Crippen molar-refractivity contribution < 1.29 is 19.2 Å². The van der Waals surface area contributed by atoms with Crippen LogP contribution in [0.3, 0.4) is 0 Å². The number of amides is 1. The first-order valence-electron chi connectivity index (χ1n) is 11.2. The van der Waals surface area contributed by atoms with Gasteiger partial charge in [0.1, 0.15) is 0 Å². The van der Waals surface area contributed by atoms with Crippen molar-refractivity contribution in [3.8, 4) is 11.5 Å². The van der Waals surface area contributed by atoms with Crippen molar-refractivity contribution in [3.05, 3.63) is 86.9 Å². The summed E-state index contributed by atoms with van der Waals surface area (Å²) in [5.41, 5.74) is 0.960. The number of nitro groups is 1. The number of hydrogen-bond donors (Lipinski definition) is 1. The van der Waals surface area contributed by atoms with Crippen molar-refractivity contribution in [1.29, 1.82) is 0 Å². The average Bonchev–Trinajstić information content (AvgIpc) is 3.08. The molecule has 0 saturated heterocycles. The summed E-state index contributed by atoms with van der Waals surface area (Å²) < 4.78 is 11.5. The number of halogens is 1. The number of nitro benzene ring substituents is 1. The Balaban J connectivity index is 1.64. The van der Waals surface area contributed by atoms with Gasteiger partial charge in [0.25, 0.3) is 11.6 Å². The van der Waals surface area contributed by atoms with Crippen molar-refractivity contribution >= 4 is 35.0 Å². The normalized spacial score (nSPS) is 13.7. The number of rotatable bonds is 7. The summed E-state index contributed by atoms with van der Waals surface area (Å²) in [7, 11) is 0. The smallest absolute Gasteiger partial charge is 0.270 e. The van der Waals surface area contributed by atoms with E-state index in [0.29, 0.717) is 34.6 Å². The topological polar surface area (TPSA) is 90.7 Å². The number of nitrogens with zero attached hydrogens (tertiary/aromatic N) is 1. The van der Waals surface area contributed by atoms with Crippen LogP contribution in [0, 0.1) is 16.0 Å². The molecular weight excluding hydrogens is 488 g/mol. The van der Waals surface area contributed by atoms with Crippen molar-refractivity contribution in [2.75, 3.05) is 13.2 Å². The zero-order chi connectivity index (χ0) is 24.9. The Morgan fingerprint density at radius 3 is 2.43 bits per heavy atom. The summed E-state index contributed by atoms with van der Waals surface area (Å²) in [6, 6.07) is 16.8. The highest BCUT2D eigenvalue weighted by Gasteiger charge is 2.24. The summed E-state index contributed by atoms with van der Waals surface area (Å²) in [6.07, 6.45) is 0.801. The molecule has 0 bridgehead atoms.